The molecular weight excluding hydrogens is 214 g/mol. The molecule has 0 aliphatic rings. The van der Waals surface area contributed by atoms with Gasteiger partial charge in [0, 0.05) is 19.7 Å². The fourth-order valence-corrected chi connectivity index (χ4v) is 2.61. The van der Waals surface area contributed by atoms with Crippen molar-refractivity contribution in [1.29, 1.82) is 0 Å². The summed E-state index contributed by atoms with van der Waals surface area (Å²) in [6.45, 7) is 1.78. The van der Waals surface area contributed by atoms with Gasteiger partial charge < -0.3 is 15.0 Å². The average Bonchev–Trinajstić information content (AvgIpc) is 2.68. The summed E-state index contributed by atoms with van der Waals surface area (Å²) in [7, 11) is 3.54. The van der Waals surface area contributed by atoms with Crippen molar-refractivity contribution >= 4 is 32.8 Å². The largest absolute Gasteiger partial charge is 0.477 e. The first-order chi connectivity index (χ1) is 7.06. The molecule has 2 heterocycles. The number of hydrogen-bond donors (Lipinski definition) is 2. The van der Waals surface area contributed by atoms with E-state index in [1.165, 1.54) is 11.3 Å². The number of thiazole rings is 1. The molecule has 0 fully saturated rings. The Labute approximate surface area is 90.4 Å². The predicted molar refractivity (Wildman–Crippen MR) is 59.8 cm³/mol. The van der Waals surface area contributed by atoms with Gasteiger partial charge in [0.2, 0.25) is 0 Å². The molecule has 0 amide bonds. The zero-order valence-corrected chi connectivity index (χ0v) is 9.47. The topological polar surface area (TPSA) is 67.2 Å². The van der Waals surface area contributed by atoms with Gasteiger partial charge in [-0.2, -0.15) is 0 Å². The smallest absolute Gasteiger partial charge is 0.352 e. The molecule has 0 spiro atoms. The minimum absolute atomic E-state index is 0.311. The number of carbonyl (C=O) groups is 1. The van der Waals surface area contributed by atoms with Crippen molar-refractivity contribution in [3.63, 3.8) is 0 Å². The second-order valence-electron chi connectivity index (χ2n) is 3.26. The number of aryl methyl sites for hydroxylation is 2. The average molecular weight is 225 g/mol. The maximum absolute atomic E-state index is 11.0. The van der Waals surface area contributed by atoms with Gasteiger partial charge in [-0.3, -0.25) is 0 Å². The van der Waals surface area contributed by atoms with E-state index in [1.54, 1.807) is 25.6 Å². The molecule has 5 nitrogen and oxygen atoms in total. The first-order valence-electron chi connectivity index (χ1n) is 4.43. The van der Waals surface area contributed by atoms with Gasteiger partial charge in [-0.25, -0.2) is 9.78 Å². The van der Waals surface area contributed by atoms with Crippen LogP contribution < -0.4 is 5.32 Å². The molecule has 2 aromatic heterocycles. The number of carboxylic acids is 1. The van der Waals surface area contributed by atoms with Crippen molar-refractivity contribution in [1.82, 2.24) is 9.55 Å². The zero-order chi connectivity index (χ0) is 11.2. The quantitative estimate of drug-likeness (QED) is 0.816. The van der Waals surface area contributed by atoms with E-state index in [0.29, 0.717) is 5.69 Å². The van der Waals surface area contributed by atoms with Crippen molar-refractivity contribution in [3.05, 3.63) is 11.3 Å². The lowest BCUT2D eigenvalue weighted by molar-refractivity contribution is 0.0686. The van der Waals surface area contributed by atoms with Gasteiger partial charge in [0.25, 0.3) is 0 Å². The van der Waals surface area contributed by atoms with Crippen molar-refractivity contribution in [2.24, 2.45) is 7.05 Å². The van der Waals surface area contributed by atoms with Crippen molar-refractivity contribution in [2.45, 2.75) is 6.92 Å². The lowest BCUT2D eigenvalue weighted by Crippen LogP contribution is -2.05. The van der Waals surface area contributed by atoms with Gasteiger partial charge in [0.15, 0.2) is 5.13 Å². The number of aromatic nitrogens is 2. The highest BCUT2D eigenvalue weighted by Gasteiger charge is 2.20. The van der Waals surface area contributed by atoms with Gasteiger partial charge in [-0.1, -0.05) is 11.3 Å². The minimum Gasteiger partial charge on any atom is -0.477 e. The Hall–Kier alpha value is -1.56. The highest BCUT2D eigenvalue weighted by Crippen LogP contribution is 2.31. The second-order valence-corrected chi connectivity index (χ2v) is 4.24. The zero-order valence-electron chi connectivity index (χ0n) is 8.66. The van der Waals surface area contributed by atoms with Crippen LogP contribution in [0.3, 0.4) is 0 Å². The van der Waals surface area contributed by atoms with E-state index < -0.39 is 5.97 Å². The Morgan fingerprint density at radius 3 is 2.73 bits per heavy atom. The van der Waals surface area contributed by atoms with E-state index in [9.17, 15) is 4.79 Å². The van der Waals surface area contributed by atoms with E-state index in [-0.39, 0.29) is 0 Å². The van der Waals surface area contributed by atoms with Crippen molar-refractivity contribution in [2.75, 3.05) is 12.4 Å². The molecule has 0 bridgehead atoms. The molecule has 0 aliphatic heterocycles. The normalized spacial score (nSPS) is 10.9. The SMILES string of the molecule is CNc1nc2c(C)c(C(=O)O)n(C)c2s1. The molecular formula is C9H11N3O2S. The molecule has 80 valence electrons. The summed E-state index contributed by atoms with van der Waals surface area (Å²) >= 11 is 1.45. The van der Waals surface area contributed by atoms with Crippen LogP contribution in [0.5, 0.6) is 0 Å². The Morgan fingerprint density at radius 1 is 1.60 bits per heavy atom. The van der Waals surface area contributed by atoms with E-state index in [4.69, 9.17) is 5.11 Å². The van der Waals surface area contributed by atoms with Gasteiger partial charge in [0.05, 0.1) is 0 Å². The monoisotopic (exact) mass is 225 g/mol. The summed E-state index contributed by atoms with van der Waals surface area (Å²) in [5, 5.41) is 12.8. The molecule has 2 N–H and O–H groups in total. The Balaban J connectivity index is 2.78. The van der Waals surface area contributed by atoms with Crippen LogP contribution in [-0.4, -0.2) is 27.7 Å². The fraction of sp³-hybridized carbons (Fsp3) is 0.333. The summed E-state index contributed by atoms with van der Waals surface area (Å²) < 4.78 is 1.67. The maximum Gasteiger partial charge on any atom is 0.352 e. The third kappa shape index (κ3) is 1.29. The van der Waals surface area contributed by atoms with Crippen LogP contribution in [0.1, 0.15) is 16.1 Å². The Kier molecular flexibility index (Phi) is 2.15. The molecule has 0 aliphatic carbocycles. The molecule has 0 atom stereocenters. The third-order valence-electron chi connectivity index (χ3n) is 2.38. The number of carboxylic acid groups (broad SMARTS) is 1. The van der Waals surface area contributed by atoms with Crippen LogP contribution in [0.25, 0.3) is 10.3 Å². The van der Waals surface area contributed by atoms with Crippen LogP contribution in [-0.2, 0) is 7.05 Å². The molecule has 2 aromatic rings. The number of nitrogens with one attached hydrogen (secondary N) is 1. The predicted octanol–water partition coefficient (Wildman–Crippen LogP) is 1.68. The summed E-state index contributed by atoms with van der Waals surface area (Å²) in [6, 6.07) is 0. The second kappa shape index (κ2) is 3.23. The molecule has 0 unspecified atom stereocenters. The number of rotatable bonds is 2. The summed E-state index contributed by atoms with van der Waals surface area (Å²) in [6.07, 6.45) is 0. The van der Waals surface area contributed by atoms with E-state index in [0.717, 1.165) is 21.0 Å². The minimum atomic E-state index is -0.911. The van der Waals surface area contributed by atoms with Crippen LogP contribution in [0.15, 0.2) is 0 Å². The molecule has 0 saturated heterocycles. The van der Waals surface area contributed by atoms with Crippen molar-refractivity contribution in [3.8, 4) is 0 Å². The summed E-state index contributed by atoms with van der Waals surface area (Å²) in [5.41, 5.74) is 1.80. The number of anilines is 1. The van der Waals surface area contributed by atoms with E-state index in [1.807, 2.05) is 0 Å². The number of hydrogen-bond acceptors (Lipinski definition) is 4. The van der Waals surface area contributed by atoms with Gasteiger partial charge in [-0.05, 0) is 6.92 Å². The fourth-order valence-electron chi connectivity index (χ4n) is 1.66. The van der Waals surface area contributed by atoms with Crippen LogP contribution >= 0.6 is 11.3 Å². The Bertz CT molecular complexity index is 504. The first kappa shape index (κ1) is 9.97. The number of nitrogens with zero attached hydrogens (tertiary/aromatic N) is 2. The first-order valence-corrected chi connectivity index (χ1v) is 5.24. The van der Waals surface area contributed by atoms with E-state index in [2.05, 4.69) is 10.3 Å². The third-order valence-corrected chi connectivity index (χ3v) is 3.53. The molecule has 15 heavy (non-hydrogen) atoms. The summed E-state index contributed by atoms with van der Waals surface area (Å²) in [5.74, 6) is -0.911. The molecule has 0 saturated carbocycles. The van der Waals surface area contributed by atoms with Crippen LogP contribution in [0.4, 0.5) is 5.13 Å². The lowest BCUT2D eigenvalue weighted by atomic mass is 10.2. The van der Waals surface area contributed by atoms with Gasteiger partial charge >= 0.3 is 5.97 Å². The van der Waals surface area contributed by atoms with E-state index >= 15 is 0 Å². The summed E-state index contributed by atoms with van der Waals surface area (Å²) in [4.78, 5) is 16.2. The van der Waals surface area contributed by atoms with Gasteiger partial charge in [0.1, 0.15) is 16.0 Å². The molecule has 0 aromatic carbocycles. The maximum atomic E-state index is 11.0. The van der Waals surface area contributed by atoms with Crippen molar-refractivity contribution < 1.29 is 9.90 Å². The van der Waals surface area contributed by atoms with Crippen LogP contribution in [0, 0.1) is 6.92 Å². The molecule has 6 heteroatoms. The van der Waals surface area contributed by atoms with Crippen LogP contribution in [0.2, 0.25) is 0 Å². The lowest BCUT2D eigenvalue weighted by Gasteiger charge is -1.98. The van der Waals surface area contributed by atoms with Gasteiger partial charge in [-0.15, -0.1) is 0 Å². The molecule has 2 rings (SSSR count). The number of aromatic carboxylic acids is 1. The highest BCUT2D eigenvalue weighted by atomic mass is 32.1. The molecule has 0 radical (unpaired) electrons. The highest BCUT2D eigenvalue weighted by molar-refractivity contribution is 7.21. The Morgan fingerprint density at radius 2 is 2.27 bits per heavy atom. The number of fused-ring (bicyclic) bond motifs is 1. The standard InChI is InChI=1S/C9H11N3O2S/c1-4-5-7(15-9(10-2)11-5)12(3)6(4)8(13)14/h1-3H3,(H,10,11)(H,13,14).